The second-order valence-corrected chi connectivity index (χ2v) is 5.58. The highest BCUT2D eigenvalue weighted by Crippen LogP contribution is 2.27. The third-order valence-corrected chi connectivity index (χ3v) is 3.52. The van der Waals surface area contributed by atoms with Crippen LogP contribution in [-0.2, 0) is 13.2 Å². The van der Waals surface area contributed by atoms with E-state index in [4.69, 9.17) is 9.15 Å². The van der Waals surface area contributed by atoms with Gasteiger partial charge in [0.15, 0.2) is 0 Å². The topological polar surface area (TPSA) is 34.4 Å². The minimum atomic E-state index is 0.448. The van der Waals surface area contributed by atoms with Gasteiger partial charge in [-0.3, -0.25) is 0 Å². The van der Waals surface area contributed by atoms with Crippen molar-refractivity contribution in [3.05, 3.63) is 53.0 Å². The molecule has 0 saturated carbocycles. The van der Waals surface area contributed by atoms with Gasteiger partial charge in [0.05, 0.1) is 6.54 Å². The average Bonchev–Trinajstić information content (AvgIpc) is 2.83. The molecule has 0 atom stereocenters. The summed E-state index contributed by atoms with van der Waals surface area (Å²) >= 11 is 0. The number of furan rings is 1. The predicted molar refractivity (Wildman–Crippen MR) is 85.7 cm³/mol. The summed E-state index contributed by atoms with van der Waals surface area (Å²) in [5.41, 5.74) is 2.40. The molecular formula is C18H25NO2. The predicted octanol–water partition coefficient (Wildman–Crippen LogP) is 4.40. The summed E-state index contributed by atoms with van der Waals surface area (Å²) in [5, 5.41) is 3.28. The van der Waals surface area contributed by atoms with E-state index in [1.165, 1.54) is 11.1 Å². The van der Waals surface area contributed by atoms with Gasteiger partial charge < -0.3 is 14.5 Å². The number of hydrogen-bond donors (Lipinski definition) is 1. The summed E-state index contributed by atoms with van der Waals surface area (Å²) < 4.78 is 11.8. The fraction of sp³-hybridized carbons (Fsp3) is 0.444. The third-order valence-electron chi connectivity index (χ3n) is 3.52. The third kappa shape index (κ3) is 4.11. The van der Waals surface area contributed by atoms with Crippen LogP contribution in [0.3, 0.4) is 0 Å². The van der Waals surface area contributed by atoms with Crippen molar-refractivity contribution in [2.24, 2.45) is 0 Å². The Morgan fingerprint density at radius 1 is 1.24 bits per heavy atom. The van der Waals surface area contributed by atoms with Gasteiger partial charge in [0.25, 0.3) is 0 Å². The van der Waals surface area contributed by atoms with Crippen LogP contribution in [0.2, 0.25) is 0 Å². The van der Waals surface area contributed by atoms with Gasteiger partial charge >= 0.3 is 0 Å². The first-order valence-electron chi connectivity index (χ1n) is 7.62. The molecule has 2 rings (SSSR count). The quantitative estimate of drug-likeness (QED) is 0.819. The lowest BCUT2D eigenvalue weighted by molar-refractivity contribution is 0.262. The molecule has 1 N–H and O–H groups in total. The molecule has 0 aliphatic carbocycles. The van der Waals surface area contributed by atoms with E-state index in [2.05, 4.69) is 45.1 Å². The molecular weight excluding hydrogens is 262 g/mol. The molecule has 0 radical (unpaired) electrons. The lowest BCUT2D eigenvalue weighted by atomic mass is 10.0. The first kappa shape index (κ1) is 15.6. The summed E-state index contributed by atoms with van der Waals surface area (Å²) in [6, 6.07) is 10.2. The van der Waals surface area contributed by atoms with E-state index >= 15 is 0 Å². The van der Waals surface area contributed by atoms with E-state index in [1.807, 2.05) is 18.2 Å². The van der Waals surface area contributed by atoms with Gasteiger partial charge in [-0.05, 0) is 42.6 Å². The van der Waals surface area contributed by atoms with Crippen LogP contribution < -0.4 is 10.1 Å². The highest BCUT2D eigenvalue weighted by atomic mass is 16.5. The highest BCUT2D eigenvalue weighted by Gasteiger charge is 2.10. The Hall–Kier alpha value is -1.74. The maximum atomic E-state index is 5.94. The largest absolute Gasteiger partial charge is 0.485 e. The first-order chi connectivity index (χ1) is 10.1. The van der Waals surface area contributed by atoms with Crippen LogP contribution in [0.4, 0.5) is 0 Å². The lowest BCUT2D eigenvalue weighted by Gasteiger charge is -2.12. The first-order valence-corrected chi connectivity index (χ1v) is 7.62. The monoisotopic (exact) mass is 287 g/mol. The van der Waals surface area contributed by atoms with Crippen LogP contribution >= 0.6 is 0 Å². The number of hydrogen-bond acceptors (Lipinski definition) is 3. The summed E-state index contributed by atoms with van der Waals surface area (Å²) in [4.78, 5) is 0. The molecule has 0 aliphatic heterocycles. The lowest BCUT2D eigenvalue weighted by Crippen LogP contribution is -2.11. The van der Waals surface area contributed by atoms with Crippen LogP contribution in [0.1, 0.15) is 49.3 Å². The zero-order chi connectivity index (χ0) is 15.2. The van der Waals surface area contributed by atoms with E-state index in [-0.39, 0.29) is 0 Å². The SMILES string of the molecule is CCNCc1oc(COc2ccccc2C(C)C)cc1C. The molecule has 0 aliphatic rings. The van der Waals surface area contributed by atoms with E-state index in [0.717, 1.165) is 30.4 Å². The molecule has 0 amide bonds. The van der Waals surface area contributed by atoms with Gasteiger partial charge in [-0.2, -0.15) is 0 Å². The molecule has 21 heavy (non-hydrogen) atoms. The number of nitrogens with one attached hydrogen (secondary N) is 1. The second-order valence-electron chi connectivity index (χ2n) is 5.58. The molecule has 0 saturated heterocycles. The maximum absolute atomic E-state index is 5.94. The van der Waals surface area contributed by atoms with Crippen molar-refractivity contribution in [1.29, 1.82) is 0 Å². The second kappa shape index (κ2) is 7.32. The van der Waals surface area contributed by atoms with Crippen molar-refractivity contribution in [2.75, 3.05) is 6.54 Å². The molecule has 1 aromatic carbocycles. The normalized spacial score (nSPS) is 11.1. The molecule has 3 heteroatoms. The summed E-state index contributed by atoms with van der Waals surface area (Å²) in [5.74, 6) is 3.25. The van der Waals surface area contributed by atoms with Crippen molar-refractivity contribution < 1.29 is 9.15 Å². The van der Waals surface area contributed by atoms with Gasteiger partial charge in [-0.25, -0.2) is 0 Å². The van der Waals surface area contributed by atoms with Gasteiger partial charge in [0.1, 0.15) is 23.9 Å². The zero-order valence-electron chi connectivity index (χ0n) is 13.4. The molecule has 0 bridgehead atoms. The zero-order valence-corrected chi connectivity index (χ0v) is 13.4. The highest BCUT2D eigenvalue weighted by molar-refractivity contribution is 5.35. The van der Waals surface area contributed by atoms with Crippen LogP contribution in [0, 0.1) is 6.92 Å². The van der Waals surface area contributed by atoms with Crippen molar-refractivity contribution in [3.63, 3.8) is 0 Å². The molecule has 2 aromatic rings. The standard InChI is InChI=1S/C18H25NO2/c1-5-19-11-18-14(4)10-15(21-18)12-20-17-9-7-6-8-16(17)13(2)3/h6-10,13,19H,5,11-12H2,1-4H3. The van der Waals surface area contributed by atoms with E-state index in [0.29, 0.717) is 12.5 Å². The summed E-state index contributed by atoms with van der Waals surface area (Å²) in [7, 11) is 0. The number of ether oxygens (including phenoxy) is 1. The fourth-order valence-electron chi connectivity index (χ4n) is 2.31. The molecule has 3 nitrogen and oxygen atoms in total. The Balaban J connectivity index is 2.03. The van der Waals surface area contributed by atoms with Gasteiger partial charge in [-0.15, -0.1) is 0 Å². The Labute approximate surface area is 127 Å². The molecule has 114 valence electrons. The minimum absolute atomic E-state index is 0.448. The summed E-state index contributed by atoms with van der Waals surface area (Å²) in [6.07, 6.45) is 0. The molecule has 0 spiro atoms. The van der Waals surface area contributed by atoms with Crippen LogP contribution in [-0.4, -0.2) is 6.54 Å². The van der Waals surface area contributed by atoms with Crippen LogP contribution in [0.15, 0.2) is 34.7 Å². The van der Waals surface area contributed by atoms with Crippen LogP contribution in [0.25, 0.3) is 0 Å². The molecule has 1 aromatic heterocycles. The number of rotatable bonds is 7. The fourth-order valence-corrected chi connectivity index (χ4v) is 2.31. The Bertz CT molecular complexity index is 572. The van der Waals surface area contributed by atoms with Gasteiger partial charge in [0.2, 0.25) is 0 Å². The van der Waals surface area contributed by atoms with Crippen molar-refractivity contribution in [3.8, 4) is 5.75 Å². The van der Waals surface area contributed by atoms with E-state index in [1.54, 1.807) is 0 Å². The molecule has 1 heterocycles. The Kier molecular flexibility index (Phi) is 5.45. The van der Waals surface area contributed by atoms with Gasteiger partial charge in [-0.1, -0.05) is 39.0 Å². The van der Waals surface area contributed by atoms with Crippen molar-refractivity contribution in [2.45, 2.75) is 46.8 Å². The number of benzene rings is 1. The number of aryl methyl sites for hydroxylation is 1. The van der Waals surface area contributed by atoms with E-state index in [9.17, 15) is 0 Å². The molecule has 0 fully saturated rings. The smallest absolute Gasteiger partial charge is 0.146 e. The maximum Gasteiger partial charge on any atom is 0.146 e. The van der Waals surface area contributed by atoms with E-state index < -0.39 is 0 Å². The average molecular weight is 287 g/mol. The number of para-hydroxylation sites is 1. The Morgan fingerprint density at radius 3 is 2.71 bits per heavy atom. The van der Waals surface area contributed by atoms with Crippen LogP contribution in [0.5, 0.6) is 5.75 Å². The van der Waals surface area contributed by atoms with Crippen molar-refractivity contribution in [1.82, 2.24) is 5.32 Å². The Morgan fingerprint density at radius 2 is 2.00 bits per heavy atom. The van der Waals surface area contributed by atoms with Crippen molar-refractivity contribution >= 4 is 0 Å². The minimum Gasteiger partial charge on any atom is -0.485 e. The summed E-state index contributed by atoms with van der Waals surface area (Å²) in [6.45, 7) is 10.7. The molecule has 0 unspecified atom stereocenters. The van der Waals surface area contributed by atoms with Gasteiger partial charge in [0, 0.05) is 0 Å².